The Balaban J connectivity index is 0.000000222. The van der Waals surface area contributed by atoms with Crippen molar-refractivity contribution in [3.63, 3.8) is 0 Å². The van der Waals surface area contributed by atoms with Crippen LogP contribution in [-0.4, -0.2) is 108 Å². The lowest BCUT2D eigenvalue weighted by Gasteiger charge is -2.37. The van der Waals surface area contributed by atoms with E-state index in [2.05, 4.69) is 33.0 Å². The van der Waals surface area contributed by atoms with Gasteiger partial charge < -0.3 is 35.1 Å². The highest BCUT2D eigenvalue weighted by atomic mass is 16.6. The van der Waals surface area contributed by atoms with Gasteiger partial charge in [0, 0.05) is 48.6 Å². The van der Waals surface area contributed by atoms with Crippen molar-refractivity contribution < 1.29 is 47.8 Å². The van der Waals surface area contributed by atoms with Crippen molar-refractivity contribution in [3.8, 4) is 0 Å². The van der Waals surface area contributed by atoms with Gasteiger partial charge in [-0.1, -0.05) is 121 Å². The minimum Gasteiger partial charge on any atom is -0.467 e. The van der Waals surface area contributed by atoms with Crippen molar-refractivity contribution in [3.05, 3.63) is 0 Å². The number of carbonyl (C=O) groups is 7. The number of nitrogens with one attached hydrogen (secondary N) is 1. The lowest BCUT2D eigenvalue weighted by Crippen LogP contribution is -2.51. The van der Waals surface area contributed by atoms with Crippen LogP contribution in [0.15, 0.2) is 0 Å². The second-order valence-electron chi connectivity index (χ2n) is 29.3. The molecule has 0 radical (unpaired) electrons. The van der Waals surface area contributed by atoms with Gasteiger partial charge in [0.05, 0.1) is 26.3 Å². The minimum atomic E-state index is -0.704. The fourth-order valence-electron chi connectivity index (χ4n) is 17.1. The normalized spacial score (nSPS) is 30.0. The Morgan fingerprint density at radius 1 is 0.547 bits per heavy atom. The quantitative estimate of drug-likeness (QED) is 0.132. The van der Waals surface area contributed by atoms with Gasteiger partial charge in [0.25, 0.3) is 0 Å². The zero-order chi connectivity index (χ0) is 55.7. The Hall–Kier alpha value is -3.55. The second kappa shape index (κ2) is 20.9. The molecular weight excluding hydrogens is 949 g/mol. The summed E-state index contributed by atoms with van der Waals surface area (Å²) in [6.07, 6.45) is 18.2. The third kappa shape index (κ3) is 10.3. The average Bonchev–Trinajstić information content (AvgIpc) is 3.62. The number of alkyl carbamates (subject to hydrolysis) is 1. The Labute approximate surface area is 450 Å². The third-order valence-corrected chi connectivity index (χ3v) is 22.3. The summed E-state index contributed by atoms with van der Waals surface area (Å²) in [5, 5.41) is 2.89. The standard InChI is InChI=1S/C33H54N2O6.C28H46N2O4/c1-29(2,3)22(18-24(36)25(21-14-11-10-12-15-21)34-28(39)41-30(4,5)6)26(37)35-20-33(19-23(35)27(38)40-9)31(7,8)32(33)16-13-17-32;1-25(2,3)19(15-21(31)22(29)18-11-8-7-9-12-18)23(32)30-17-28(16-20(30)24(33)34-6)26(4,5)27(28)13-10-14-27/h21-23,25H,10-20H2,1-9H3,(H,34,39);18-20,22H,7-17,29H2,1-6H3/t22-,23+,25+,33-;19-,20+,22+,28-/m11/s1. The molecule has 6 saturated carbocycles. The monoisotopic (exact) mass is 1050 g/mol. The molecule has 6 aliphatic carbocycles. The number of ether oxygens (including phenoxy) is 3. The summed E-state index contributed by atoms with van der Waals surface area (Å²) >= 11 is 0. The number of hydrogen-bond donors (Lipinski definition) is 2. The summed E-state index contributed by atoms with van der Waals surface area (Å²) in [4.78, 5) is 98.3. The van der Waals surface area contributed by atoms with Gasteiger partial charge in [-0.3, -0.25) is 19.2 Å². The first-order valence-corrected chi connectivity index (χ1v) is 29.3. The number of carbonyl (C=O) groups excluding carboxylic acids is 7. The smallest absolute Gasteiger partial charge is 0.408 e. The van der Waals surface area contributed by atoms with E-state index in [1.807, 2.05) is 41.5 Å². The van der Waals surface area contributed by atoms with Crippen molar-refractivity contribution in [1.29, 1.82) is 0 Å². The van der Waals surface area contributed by atoms with Gasteiger partial charge >= 0.3 is 18.0 Å². The fraction of sp³-hybridized carbons (Fsp3) is 0.885. The van der Waals surface area contributed by atoms with Crippen LogP contribution in [0.25, 0.3) is 0 Å². The van der Waals surface area contributed by atoms with Gasteiger partial charge in [0.15, 0.2) is 11.6 Å². The van der Waals surface area contributed by atoms with E-state index in [1.54, 1.807) is 30.6 Å². The molecule has 8 fully saturated rings. The number of amides is 3. The summed E-state index contributed by atoms with van der Waals surface area (Å²) in [6, 6.07) is -2.41. The number of hydrogen-bond acceptors (Lipinski definition) is 11. The first kappa shape index (κ1) is 59.1. The number of ketones is 2. The largest absolute Gasteiger partial charge is 0.467 e. The zero-order valence-corrected chi connectivity index (χ0v) is 49.2. The van der Waals surface area contributed by atoms with Crippen molar-refractivity contribution in [1.82, 2.24) is 15.1 Å². The number of methoxy groups -OCH3 is 2. The Morgan fingerprint density at radius 2 is 0.920 bits per heavy atom. The molecule has 0 aromatic rings. The maximum Gasteiger partial charge on any atom is 0.408 e. The molecule has 0 unspecified atom stereocenters. The third-order valence-electron chi connectivity index (χ3n) is 22.3. The van der Waals surface area contributed by atoms with E-state index in [-0.39, 0.29) is 92.5 Å². The maximum absolute atomic E-state index is 14.5. The van der Waals surface area contributed by atoms with E-state index in [4.69, 9.17) is 19.9 Å². The molecule has 0 aromatic carbocycles. The molecule has 0 aromatic heterocycles. The van der Waals surface area contributed by atoms with E-state index in [0.29, 0.717) is 25.9 Å². The number of esters is 2. The highest BCUT2D eigenvalue weighted by Crippen LogP contribution is 2.89. The number of Topliss-reactive ketones (excluding diaryl/α,β-unsaturated/α-hetero) is 2. The van der Waals surface area contributed by atoms with Gasteiger partial charge in [-0.25, -0.2) is 14.4 Å². The predicted molar refractivity (Wildman–Crippen MR) is 289 cm³/mol. The topological polar surface area (TPSA) is 192 Å². The molecular formula is C61H100N4O10. The van der Waals surface area contributed by atoms with Crippen molar-refractivity contribution in [2.75, 3.05) is 27.3 Å². The molecule has 424 valence electrons. The van der Waals surface area contributed by atoms with Crippen LogP contribution in [0.3, 0.4) is 0 Å². The summed E-state index contributed by atoms with van der Waals surface area (Å²) in [7, 11) is 2.79. The van der Waals surface area contributed by atoms with Crippen LogP contribution in [-0.2, 0) is 43.0 Å². The lowest BCUT2D eigenvalue weighted by molar-refractivity contribution is -0.154. The molecule has 8 atom stereocenters. The molecule has 2 heterocycles. The number of rotatable bonds is 13. The molecule has 3 amide bonds. The van der Waals surface area contributed by atoms with Crippen molar-refractivity contribution in [2.45, 2.75) is 248 Å². The Kier molecular flexibility index (Phi) is 16.5. The van der Waals surface area contributed by atoms with Gasteiger partial charge in [-0.2, -0.15) is 0 Å². The predicted octanol–water partition coefficient (Wildman–Crippen LogP) is 10.5. The van der Waals surface area contributed by atoms with E-state index >= 15 is 0 Å². The van der Waals surface area contributed by atoms with Gasteiger partial charge in [-0.05, 0) is 129 Å². The zero-order valence-electron chi connectivity index (χ0n) is 49.2. The van der Waals surface area contributed by atoms with Crippen LogP contribution in [0.2, 0.25) is 0 Å². The summed E-state index contributed by atoms with van der Waals surface area (Å²) in [6.45, 7) is 27.7. The SMILES string of the molecule is COC(=O)[C@@H]1C[C@@]2(CN1C(=O)[C@@H](CC(=O)[C@@H](N)C1CCCCC1)C(C)(C)C)C(C)(C)C21CCC1.COC(=O)[C@@H]1C[C@@]2(CN1C(=O)[C@@H](CC(=O)[C@@H](NC(=O)OC(C)(C)C)C1CCCCC1)C(C)(C)C)C(C)(C)C21CCC1. The Morgan fingerprint density at radius 3 is 1.24 bits per heavy atom. The first-order valence-electron chi connectivity index (χ1n) is 29.3. The molecule has 2 saturated heterocycles. The number of nitrogens with zero attached hydrogens (tertiary/aromatic N) is 2. The fourth-order valence-corrected chi connectivity index (χ4v) is 17.1. The molecule has 3 N–H and O–H groups in total. The van der Waals surface area contributed by atoms with E-state index in [1.165, 1.54) is 46.3 Å². The summed E-state index contributed by atoms with van der Waals surface area (Å²) in [5.74, 6) is -2.00. The van der Waals surface area contributed by atoms with Gasteiger partial charge in [-0.15, -0.1) is 0 Å². The molecule has 75 heavy (non-hydrogen) atoms. The minimum absolute atomic E-state index is 0.00518. The summed E-state index contributed by atoms with van der Waals surface area (Å²) < 4.78 is 15.9. The van der Waals surface area contributed by atoms with Crippen LogP contribution in [0.4, 0.5) is 4.79 Å². The van der Waals surface area contributed by atoms with Crippen LogP contribution in [0.5, 0.6) is 0 Å². The Bertz CT molecular complexity index is 2180. The molecule has 8 rings (SSSR count). The van der Waals surface area contributed by atoms with Crippen LogP contribution < -0.4 is 11.1 Å². The van der Waals surface area contributed by atoms with Crippen molar-refractivity contribution >= 4 is 41.4 Å². The van der Waals surface area contributed by atoms with Gasteiger partial charge in [0.1, 0.15) is 17.7 Å². The van der Waals surface area contributed by atoms with E-state index < -0.39 is 58.5 Å². The molecule has 0 bridgehead atoms. The van der Waals surface area contributed by atoms with E-state index in [9.17, 15) is 33.6 Å². The van der Waals surface area contributed by atoms with Gasteiger partial charge in [0.2, 0.25) is 11.8 Å². The molecule has 14 heteroatoms. The highest BCUT2D eigenvalue weighted by molar-refractivity contribution is 5.95. The molecule has 2 aliphatic heterocycles. The average molecular weight is 1050 g/mol. The number of likely N-dealkylation sites (tertiary alicyclic amines) is 2. The summed E-state index contributed by atoms with van der Waals surface area (Å²) in [5.41, 5.74) is 5.26. The maximum atomic E-state index is 14.5. The second-order valence-corrected chi connectivity index (χ2v) is 29.3. The number of nitrogens with two attached hydrogens (primary N) is 1. The molecule has 4 spiro atoms. The molecule has 8 aliphatic rings. The van der Waals surface area contributed by atoms with Crippen LogP contribution in [0, 0.1) is 67.0 Å². The number of fused-ring (bicyclic) bond motifs is 2. The van der Waals surface area contributed by atoms with Crippen LogP contribution in [0.1, 0.15) is 218 Å². The van der Waals surface area contributed by atoms with Crippen molar-refractivity contribution in [2.24, 2.45) is 72.7 Å². The molecule has 14 nitrogen and oxygen atoms in total. The first-order chi connectivity index (χ1) is 34.7. The lowest BCUT2D eigenvalue weighted by atomic mass is 9.73. The van der Waals surface area contributed by atoms with Crippen LogP contribution >= 0.6 is 0 Å². The van der Waals surface area contributed by atoms with E-state index in [0.717, 1.165) is 70.6 Å². The highest BCUT2D eigenvalue weighted by Gasteiger charge is 2.86.